The Kier molecular flexibility index (Phi) is 5.83. The van der Waals surface area contributed by atoms with E-state index in [0.717, 1.165) is 12.8 Å². The third kappa shape index (κ3) is 3.80. The molecule has 1 aliphatic rings. The van der Waals surface area contributed by atoms with E-state index >= 15 is 0 Å². The van der Waals surface area contributed by atoms with Gasteiger partial charge in [-0.3, -0.25) is 0 Å². The monoisotopic (exact) mass is 327 g/mol. The molecule has 1 aromatic rings. The van der Waals surface area contributed by atoms with Crippen molar-refractivity contribution >= 4 is 10.0 Å². The van der Waals surface area contributed by atoms with Crippen molar-refractivity contribution in [2.24, 2.45) is 5.92 Å². The van der Waals surface area contributed by atoms with Gasteiger partial charge in [0.1, 0.15) is 5.75 Å². The Bertz CT molecular complexity index is 600. The van der Waals surface area contributed by atoms with Crippen LogP contribution in [0.5, 0.6) is 5.75 Å². The molecule has 0 spiro atoms. The van der Waals surface area contributed by atoms with Crippen molar-refractivity contribution in [3.05, 3.63) is 23.8 Å². The Morgan fingerprint density at radius 3 is 2.77 bits per heavy atom. The minimum atomic E-state index is -3.45. The van der Waals surface area contributed by atoms with Gasteiger partial charge in [-0.05, 0) is 56.4 Å². The van der Waals surface area contributed by atoms with Crippen molar-refractivity contribution in [2.45, 2.75) is 31.6 Å². The number of rotatable bonds is 6. The molecule has 1 aromatic carbocycles. The van der Waals surface area contributed by atoms with Crippen LogP contribution in [0, 0.1) is 12.8 Å². The van der Waals surface area contributed by atoms with Gasteiger partial charge in [0.2, 0.25) is 10.0 Å². The normalized spacial score (nSPS) is 20.0. The molecule has 0 bridgehead atoms. The van der Waals surface area contributed by atoms with Gasteiger partial charge < -0.3 is 9.47 Å². The summed E-state index contributed by atoms with van der Waals surface area (Å²) in [6.07, 6.45) is 1.90. The second-order valence-corrected chi connectivity index (χ2v) is 7.57. The zero-order chi connectivity index (χ0) is 16.2. The molecule has 0 aromatic heterocycles. The number of methoxy groups -OCH3 is 1. The zero-order valence-electron chi connectivity index (χ0n) is 13.5. The number of ether oxygens (including phenoxy) is 2. The molecule has 1 fully saturated rings. The maximum absolute atomic E-state index is 12.9. The van der Waals surface area contributed by atoms with Gasteiger partial charge in [0.15, 0.2) is 0 Å². The van der Waals surface area contributed by atoms with E-state index in [9.17, 15) is 8.42 Å². The summed E-state index contributed by atoms with van der Waals surface area (Å²) in [5.74, 6) is 0.950. The van der Waals surface area contributed by atoms with E-state index in [1.54, 1.807) is 36.5 Å². The molecule has 1 heterocycles. The zero-order valence-corrected chi connectivity index (χ0v) is 14.4. The highest BCUT2D eigenvalue weighted by Crippen LogP contribution is 2.27. The smallest absolute Gasteiger partial charge is 0.243 e. The fourth-order valence-electron chi connectivity index (χ4n) is 2.84. The lowest BCUT2D eigenvalue weighted by Crippen LogP contribution is -2.41. The lowest BCUT2D eigenvalue weighted by molar-refractivity contribution is 0.0864. The van der Waals surface area contributed by atoms with Crippen molar-refractivity contribution in [1.82, 2.24) is 4.31 Å². The molecule has 1 aliphatic heterocycles. The standard InChI is InChI=1S/C16H25NO4S/c1-4-21-12-14-6-5-9-17(11-14)22(18,19)16-8-7-15(20-3)10-13(16)2/h7-8,10,14H,4-6,9,11-12H2,1-3H3. The van der Waals surface area contributed by atoms with Gasteiger partial charge in [-0.25, -0.2) is 8.42 Å². The first-order chi connectivity index (χ1) is 10.5. The largest absolute Gasteiger partial charge is 0.497 e. The Morgan fingerprint density at radius 2 is 2.14 bits per heavy atom. The van der Waals surface area contributed by atoms with E-state index in [0.29, 0.717) is 42.5 Å². The van der Waals surface area contributed by atoms with Crippen molar-refractivity contribution in [3.8, 4) is 5.75 Å². The summed E-state index contributed by atoms with van der Waals surface area (Å²) >= 11 is 0. The first-order valence-electron chi connectivity index (χ1n) is 7.71. The number of benzene rings is 1. The molecule has 1 saturated heterocycles. The highest BCUT2D eigenvalue weighted by atomic mass is 32.2. The summed E-state index contributed by atoms with van der Waals surface area (Å²) in [6.45, 7) is 6.17. The molecular weight excluding hydrogens is 302 g/mol. The van der Waals surface area contributed by atoms with Crippen LogP contribution in [0.1, 0.15) is 25.3 Å². The molecular formula is C16H25NO4S. The predicted octanol–water partition coefficient (Wildman–Crippen LogP) is 2.44. The van der Waals surface area contributed by atoms with Gasteiger partial charge in [-0.15, -0.1) is 0 Å². The number of nitrogens with zero attached hydrogens (tertiary/aromatic N) is 1. The van der Waals surface area contributed by atoms with Crippen LogP contribution in [0.15, 0.2) is 23.1 Å². The summed E-state index contributed by atoms with van der Waals surface area (Å²) in [5, 5.41) is 0. The van der Waals surface area contributed by atoms with Crippen molar-refractivity contribution in [1.29, 1.82) is 0 Å². The van der Waals surface area contributed by atoms with E-state index in [1.165, 1.54) is 0 Å². The summed E-state index contributed by atoms with van der Waals surface area (Å²) < 4.78 is 37.9. The number of aryl methyl sites for hydroxylation is 1. The highest BCUT2D eigenvalue weighted by molar-refractivity contribution is 7.89. The Morgan fingerprint density at radius 1 is 1.36 bits per heavy atom. The molecule has 1 unspecified atom stereocenters. The predicted molar refractivity (Wildman–Crippen MR) is 85.7 cm³/mol. The average molecular weight is 327 g/mol. The molecule has 0 saturated carbocycles. The lowest BCUT2D eigenvalue weighted by atomic mass is 10.0. The molecule has 0 radical (unpaired) electrons. The van der Waals surface area contributed by atoms with Gasteiger partial charge >= 0.3 is 0 Å². The van der Waals surface area contributed by atoms with Gasteiger partial charge in [0.05, 0.1) is 18.6 Å². The summed E-state index contributed by atoms with van der Waals surface area (Å²) in [5.41, 5.74) is 0.714. The number of sulfonamides is 1. The van der Waals surface area contributed by atoms with Crippen LogP contribution in [-0.4, -0.2) is 46.1 Å². The average Bonchev–Trinajstić information content (AvgIpc) is 2.52. The number of piperidine rings is 1. The van der Waals surface area contributed by atoms with Crippen molar-refractivity contribution in [2.75, 3.05) is 33.4 Å². The summed E-state index contributed by atoms with van der Waals surface area (Å²) in [7, 11) is -1.88. The molecule has 124 valence electrons. The molecule has 2 rings (SSSR count). The fraction of sp³-hybridized carbons (Fsp3) is 0.625. The first kappa shape index (κ1) is 17.2. The maximum atomic E-state index is 12.9. The molecule has 1 atom stereocenters. The minimum absolute atomic E-state index is 0.280. The van der Waals surface area contributed by atoms with Crippen molar-refractivity contribution in [3.63, 3.8) is 0 Å². The third-order valence-corrected chi connectivity index (χ3v) is 6.06. The molecule has 6 heteroatoms. The van der Waals surface area contributed by atoms with Crippen LogP contribution in [0.4, 0.5) is 0 Å². The van der Waals surface area contributed by atoms with Crippen LogP contribution in [-0.2, 0) is 14.8 Å². The van der Waals surface area contributed by atoms with E-state index in [2.05, 4.69) is 0 Å². The van der Waals surface area contributed by atoms with E-state index in [-0.39, 0.29) is 5.92 Å². The Hall–Kier alpha value is -1.11. The van der Waals surface area contributed by atoms with Gasteiger partial charge in [0.25, 0.3) is 0 Å². The second-order valence-electron chi connectivity index (χ2n) is 5.66. The minimum Gasteiger partial charge on any atom is -0.497 e. The maximum Gasteiger partial charge on any atom is 0.243 e. The van der Waals surface area contributed by atoms with Gasteiger partial charge in [0, 0.05) is 19.7 Å². The van der Waals surface area contributed by atoms with Gasteiger partial charge in [-0.2, -0.15) is 4.31 Å². The van der Waals surface area contributed by atoms with Crippen LogP contribution < -0.4 is 4.74 Å². The van der Waals surface area contributed by atoms with Crippen LogP contribution >= 0.6 is 0 Å². The second kappa shape index (κ2) is 7.44. The lowest BCUT2D eigenvalue weighted by Gasteiger charge is -2.32. The SMILES string of the molecule is CCOCC1CCCN(S(=O)(=O)c2ccc(OC)cc2C)C1. The topological polar surface area (TPSA) is 55.8 Å². The van der Waals surface area contributed by atoms with Gasteiger partial charge in [-0.1, -0.05) is 0 Å². The number of hydrogen-bond acceptors (Lipinski definition) is 4. The summed E-state index contributed by atoms with van der Waals surface area (Å²) in [6, 6.07) is 5.09. The summed E-state index contributed by atoms with van der Waals surface area (Å²) in [4.78, 5) is 0.366. The molecule has 0 aliphatic carbocycles. The molecule has 0 N–H and O–H groups in total. The van der Waals surface area contributed by atoms with E-state index < -0.39 is 10.0 Å². The molecule has 0 amide bonds. The van der Waals surface area contributed by atoms with Crippen LogP contribution in [0.3, 0.4) is 0 Å². The first-order valence-corrected chi connectivity index (χ1v) is 9.15. The quantitative estimate of drug-likeness (QED) is 0.805. The Labute approximate surface area is 133 Å². The molecule has 22 heavy (non-hydrogen) atoms. The fourth-order valence-corrected chi connectivity index (χ4v) is 4.60. The van der Waals surface area contributed by atoms with E-state index in [1.807, 2.05) is 6.92 Å². The van der Waals surface area contributed by atoms with Crippen LogP contribution in [0.2, 0.25) is 0 Å². The highest BCUT2D eigenvalue weighted by Gasteiger charge is 2.31. The van der Waals surface area contributed by atoms with E-state index in [4.69, 9.17) is 9.47 Å². The third-order valence-electron chi connectivity index (χ3n) is 4.04. The molecule has 5 nitrogen and oxygen atoms in total. The number of hydrogen-bond donors (Lipinski definition) is 0. The van der Waals surface area contributed by atoms with Crippen molar-refractivity contribution < 1.29 is 17.9 Å². The van der Waals surface area contributed by atoms with Crippen LogP contribution in [0.25, 0.3) is 0 Å². The Balaban J connectivity index is 2.19.